The fourth-order valence-electron chi connectivity index (χ4n) is 4.56. The minimum absolute atomic E-state index is 0.0906. The number of nitrogens with zero attached hydrogens (tertiary/aromatic N) is 4. The smallest absolute Gasteiger partial charge is 0.260 e. The molecule has 0 unspecified atom stereocenters. The van der Waals surface area contributed by atoms with Crippen LogP contribution >= 0.6 is 0 Å². The number of rotatable bonds is 9. The van der Waals surface area contributed by atoms with E-state index in [4.69, 9.17) is 9.47 Å². The maximum atomic E-state index is 13.4. The van der Waals surface area contributed by atoms with Gasteiger partial charge in [0.05, 0.1) is 26.9 Å². The van der Waals surface area contributed by atoms with Gasteiger partial charge in [0.2, 0.25) is 12.4 Å². The molecule has 0 bridgehead atoms. The van der Waals surface area contributed by atoms with Crippen molar-refractivity contribution in [1.82, 2.24) is 20.0 Å². The van der Waals surface area contributed by atoms with E-state index in [1.54, 1.807) is 24.8 Å². The largest absolute Gasteiger partial charge is 0.497 e. The Kier molecular flexibility index (Phi) is 10.2. The van der Waals surface area contributed by atoms with Gasteiger partial charge in [-0.3, -0.25) is 19.0 Å². The van der Waals surface area contributed by atoms with Crippen LogP contribution in [0.3, 0.4) is 0 Å². The Balaban J connectivity index is 0.000000585. The first-order valence-corrected chi connectivity index (χ1v) is 13.5. The number of hydrogen-bond donors (Lipinski definition) is 2. The number of morpholine rings is 1. The fraction of sp³-hybridized carbons (Fsp3) is 0.333. The molecule has 2 aromatic carbocycles. The van der Waals surface area contributed by atoms with Crippen LogP contribution in [0.2, 0.25) is 0 Å². The summed E-state index contributed by atoms with van der Waals surface area (Å²) in [5, 5.41) is 4.07. The van der Waals surface area contributed by atoms with Crippen molar-refractivity contribution in [3.8, 4) is 16.9 Å². The second-order valence-electron chi connectivity index (χ2n) is 9.26. The summed E-state index contributed by atoms with van der Waals surface area (Å²) in [6.07, 6.45) is 2.25. The molecule has 3 heterocycles. The Bertz CT molecular complexity index is 1520. The van der Waals surface area contributed by atoms with Gasteiger partial charge in [-0.2, -0.15) is 4.98 Å². The van der Waals surface area contributed by atoms with Gasteiger partial charge in [0, 0.05) is 48.2 Å². The number of aromatic nitrogens is 3. The molecule has 1 aliphatic heterocycles. The SMILES string of the molecule is CCONC=O.CCn1c(=O)c(-c2cc(C)cc(OC)c2)cc2cnc(Nc3ccc(N4CCOCC4)cc3)nc21. The Morgan fingerprint density at radius 2 is 1.83 bits per heavy atom. The minimum Gasteiger partial charge on any atom is -0.497 e. The number of methoxy groups -OCH3 is 1. The van der Waals surface area contributed by atoms with Crippen molar-refractivity contribution >= 4 is 34.8 Å². The number of carbonyl (C=O) groups excluding carboxylic acids is 1. The Hall–Kier alpha value is -4.48. The number of hydroxylamine groups is 1. The molecule has 0 aliphatic carbocycles. The van der Waals surface area contributed by atoms with Gasteiger partial charge in [0.25, 0.3) is 5.56 Å². The molecular formula is C30H36N6O5. The lowest BCUT2D eigenvalue weighted by molar-refractivity contribution is -0.120. The first-order chi connectivity index (χ1) is 20.0. The molecule has 2 aromatic heterocycles. The van der Waals surface area contributed by atoms with Gasteiger partial charge in [-0.15, -0.1) is 0 Å². The zero-order valence-corrected chi connectivity index (χ0v) is 23.8. The lowest BCUT2D eigenvalue weighted by atomic mass is 10.0. The van der Waals surface area contributed by atoms with E-state index in [1.807, 2.05) is 55.7 Å². The third-order valence-electron chi connectivity index (χ3n) is 6.52. The molecule has 11 nitrogen and oxygen atoms in total. The van der Waals surface area contributed by atoms with Crippen molar-refractivity contribution in [2.75, 3.05) is 50.2 Å². The molecule has 4 aromatic rings. The average molecular weight is 561 g/mol. The standard InChI is InChI=1S/C27H29N5O3.C3H7NO2/c1-4-32-25-20(16-24(26(32)33)19-13-18(2)14-23(15-19)34-3)17-28-27(30-25)29-21-5-7-22(8-6-21)31-9-11-35-12-10-31;1-2-6-4-3-5/h5-8,13-17H,4,9-12H2,1-3H3,(H,28,29,30);3H,2H2,1H3,(H,4,5). The summed E-state index contributed by atoms with van der Waals surface area (Å²) in [5.41, 5.74) is 7.02. The molecule has 11 heteroatoms. The molecule has 1 amide bonds. The van der Waals surface area contributed by atoms with Crippen LogP contribution in [0.15, 0.2) is 59.5 Å². The number of fused-ring (bicyclic) bond motifs is 1. The van der Waals surface area contributed by atoms with E-state index in [9.17, 15) is 9.59 Å². The van der Waals surface area contributed by atoms with E-state index in [-0.39, 0.29) is 5.56 Å². The van der Waals surface area contributed by atoms with Crippen molar-refractivity contribution in [3.05, 3.63) is 70.6 Å². The van der Waals surface area contributed by atoms with Crippen LogP contribution < -0.4 is 26.0 Å². The van der Waals surface area contributed by atoms with E-state index >= 15 is 0 Å². The number of amides is 1. The van der Waals surface area contributed by atoms with Crippen LogP contribution in [-0.2, 0) is 20.9 Å². The topological polar surface area (TPSA) is 120 Å². The van der Waals surface area contributed by atoms with Crippen molar-refractivity contribution in [2.24, 2.45) is 0 Å². The van der Waals surface area contributed by atoms with Gasteiger partial charge in [-0.05, 0) is 74.4 Å². The number of carbonyl (C=O) groups is 1. The van der Waals surface area contributed by atoms with Crippen molar-refractivity contribution in [3.63, 3.8) is 0 Å². The Morgan fingerprint density at radius 1 is 1.07 bits per heavy atom. The predicted octanol–water partition coefficient (Wildman–Crippen LogP) is 4.06. The van der Waals surface area contributed by atoms with Gasteiger partial charge in [0.1, 0.15) is 11.4 Å². The molecule has 5 rings (SSSR count). The summed E-state index contributed by atoms with van der Waals surface area (Å²) in [5.74, 6) is 1.17. The third-order valence-corrected chi connectivity index (χ3v) is 6.52. The van der Waals surface area contributed by atoms with E-state index < -0.39 is 0 Å². The number of benzene rings is 2. The second-order valence-corrected chi connectivity index (χ2v) is 9.26. The molecule has 0 atom stereocenters. The van der Waals surface area contributed by atoms with E-state index in [1.165, 1.54) is 5.69 Å². The summed E-state index contributed by atoms with van der Waals surface area (Å²) in [6, 6.07) is 15.9. The van der Waals surface area contributed by atoms with E-state index in [2.05, 4.69) is 37.2 Å². The summed E-state index contributed by atoms with van der Waals surface area (Å²) in [6.45, 7) is 10.0. The zero-order chi connectivity index (χ0) is 29.2. The third kappa shape index (κ3) is 7.38. The lowest BCUT2D eigenvalue weighted by Gasteiger charge is -2.28. The highest BCUT2D eigenvalue weighted by molar-refractivity contribution is 5.82. The van der Waals surface area contributed by atoms with Crippen molar-refractivity contribution in [2.45, 2.75) is 27.3 Å². The maximum Gasteiger partial charge on any atom is 0.260 e. The molecule has 0 spiro atoms. The van der Waals surface area contributed by atoms with E-state index in [0.717, 1.165) is 54.3 Å². The Labute approximate surface area is 239 Å². The first-order valence-electron chi connectivity index (χ1n) is 13.5. The lowest BCUT2D eigenvalue weighted by Crippen LogP contribution is -2.36. The molecule has 0 radical (unpaired) electrons. The van der Waals surface area contributed by atoms with Gasteiger partial charge in [-0.1, -0.05) is 6.07 Å². The molecule has 1 saturated heterocycles. The van der Waals surface area contributed by atoms with Crippen LogP contribution in [0.1, 0.15) is 19.4 Å². The van der Waals surface area contributed by atoms with Gasteiger partial charge in [-0.25, -0.2) is 10.5 Å². The normalized spacial score (nSPS) is 12.8. The van der Waals surface area contributed by atoms with Crippen molar-refractivity contribution < 1.29 is 19.1 Å². The van der Waals surface area contributed by atoms with Crippen LogP contribution in [0.5, 0.6) is 5.75 Å². The summed E-state index contributed by atoms with van der Waals surface area (Å²) < 4.78 is 12.5. The summed E-state index contributed by atoms with van der Waals surface area (Å²) in [4.78, 5) is 38.6. The molecule has 41 heavy (non-hydrogen) atoms. The van der Waals surface area contributed by atoms with Gasteiger partial charge >= 0.3 is 0 Å². The monoisotopic (exact) mass is 560 g/mol. The molecule has 1 fully saturated rings. The maximum absolute atomic E-state index is 13.4. The predicted molar refractivity (Wildman–Crippen MR) is 160 cm³/mol. The minimum atomic E-state index is -0.0906. The van der Waals surface area contributed by atoms with E-state index in [0.29, 0.717) is 36.7 Å². The number of anilines is 3. The number of ether oxygens (including phenoxy) is 2. The number of aryl methyl sites for hydroxylation is 2. The highest BCUT2D eigenvalue weighted by Crippen LogP contribution is 2.27. The highest BCUT2D eigenvalue weighted by Gasteiger charge is 2.15. The highest BCUT2D eigenvalue weighted by atomic mass is 16.6. The fourth-order valence-corrected chi connectivity index (χ4v) is 4.56. The molecule has 1 aliphatic rings. The summed E-state index contributed by atoms with van der Waals surface area (Å²) in [7, 11) is 1.63. The quantitative estimate of drug-likeness (QED) is 0.177. The molecule has 2 N–H and O–H groups in total. The Morgan fingerprint density at radius 3 is 2.46 bits per heavy atom. The second kappa shape index (κ2) is 14.2. The zero-order valence-electron chi connectivity index (χ0n) is 23.8. The average Bonchev–Trinajstić information content (AvgIpc) is 3.00. The van der Waals surface area contributed by atoms with Gasteiger partial charge < -0.3 is 19.7 Å². The number of nitrogens with one attached hydrogen (secondary N) is 2. The van der Waals surface area contributed by atoms with Crippen molar-refractivity contribution in [1.29, 1.82) is 0 Å². The number of pyridine rings is 1. The molecule has 216 valence electrons. The number of hydrogen-bond acceptors (Lipinski definition) is 9. The van der Waals surface area contributed by atoms with Crippen LogP contribution in [-0.4, -0.2) is 61.0 Å². The van der Waals surface area contributed by atoms with Crippen LogP contribution in [0.4, 0.5) is 17.3 Å². The molecular weight excluding hydrogens is 524 g/mol. The van der Waals surface area contributed by atoms with Crippen LogP contribution in [0.25, 0.3) is 22.2 Å². The van der Waals surface area contributed by atoms with Gasteiger partial charge in [0.15, 0.2) is 0 Å². The molecule has 0 saturated carbocycles. The van der Waals surface area contributed by atoms with Crippen LogP contribution in [0, 0.1) is 6.92 Å². The summed E-state index contributed by atoms with van der Waals surface area (Å²) >= 11 is 0. The first kappa shape index (κ1) is 29.5.